The van der Waals surface area contributed by atoms with Gasteiger partial charge < -0.3 is 15.0 Å². The largest absolute Gasteiger partial charge is 0.493 e. The number of ether oxygens (including phenoxy) is 1. The second kappa shape index (κ2) is 8.40. The number of benzene rings is 2. The molecule has 3 heteroatoms. The van der Waals surface area contributed by atoms with E-state index >= 15 is 0 Å². The number of hydrogen-bond acceptors (Lipinski definition) is 2. The highest BCUT2D eigenvalue weighted by Gasteiger charge is 2.16. The average Bonchev–Trinajstić information content (AvgIpc) is 3.01. The third kappa shape index (κ3) is 3.81. The van der Waals surface area contributed by atoms with Crippen molar-refractivity contribution in [3.8, 4) is 5.75 Å². The molecule has 0 saturated carbocycles. The van der Waals surface area contributed by atoms with Crippen molar-refractivity contribution in [3.63, 3.8) is 0 Å². The van der Waals surface area contributed by atoms with E-state index in [4.69, 9.17) is 4.74 Å². The molecule has 28 heavy (non-hydrogen) atoms. The molecule has 3 nitrogen and oxygen atoms in total. The summed E-state index contributed by atoms with van der Waals surface area (Å²) < 4.78 is 6.20. The molecule has 0 saturated heterocycles. The number of hydrogen-bond donors (Lipinski definition) is 2. The molecule has 148 valence electrons. The fourth-order valence-electron chi connectivity index (χ4n) is 4.46. The molecule has 3 aromatic rings. The van der Waals surface area contributed by atoms with Crippen LogP contribution in [0.5, 0.6) is 5.75 Å². The summed E-state index contributed by atoms with van der Waals surface area (Å²) in [5, 5.41) is 5.02. The first kappa shape index (κ1) is 19.1. The number of aryl methyl sites for hydroxylation is 4. The lowest BCUT2D eigenvalue weighted by atomic mass is 9.97. The first-order chi connectivity index (χ1) is 13.6. The fraction of sp³-hybridized carbons (Fsp3) is 0.440. The van der Waals surface area contributed by atoms with Crippen LogP contribution in [0, 0.1) is 20.8 Å². The molecule has 0 amide bonds. The first-order valence-electron chi connectivity index (χ1n) is 10.7. The van der Waals surface area contributed by atoms with Gasteiger partial charge in [-0.1, -0.05) is 24.3 Å². The van der Waals surface area contributed by atoms with Gasteiger partial charge in [-0.2, -0.15) is 0 Å². The van der Waals surface area contributed by atoms with Crippen LogP contribution in [0.1, 0.15) is 46.4 Å². The second-order valence-corrected chi connectivity index (χ2v) is 8.13. The van der Waals surface area contributed by atoms with Gasteiger partial charge in [-0.3, -0.25) is 0 Å². The third-order valence-corrected chi connectivity index (χ3v) is 6.14. The van der Waals surface area contributed by atoms with Gasteiger partial charge in [-0.15, -0.1) is 0 Å². The zero-order valence-electron chi connectivity index (χ0n) is 17.5. The van der Waals surface area contributed by atoms with Crippen molar-refractivity contribution in [1.82, 2.24) is 10.3 Å². The maximum atomic E-state index is 6.20. The highest BCUT2D eigenvalue weighted by atomic mass is 16.5. The summed E-state index contributed by atoms with van der Waals surface area (Å²) in [5.41, 5.74) is 9.53. The maximum Gasteiger partial charge on any atom is 0.125 e. The van der Waals surface area contributed by atoms with E-state index in [1.165, 1.54) is 50.8 Å². The molecule has 0 unspecified atom stereocenters. The van der Waals surface area contributed by atoms with Crippen LogP contribution in [0.25, 0.3) is 10.9 Å². The van der Waals surface area contributed by atoms with Gasteiger partial charge in [0.1, 0.15) is 5.75 Å². The molecule has 0 bridgehead atoms. The quantitative estimate of drug-likeness (QED) is 0.602. The highest BCUT2D eigenvalue weighted by molar-refractivity contribution is 5.88. The molecule has 1 aromatic heterocycles. The van der Waals surface area contributed by atoms with Crippen LogP contribution in [0.15, 0.2) is 30.3 Å². The topological polar surface area (TPSA) is 37.0 Å². The molecule has 1 aliphatic rings. The normalized spacial score (nSPS) is 14.5. The Kier molecular flexibility index (Phi) is 5.72. The number of aromatic nitrogens is 1. The van der Waals surface area contributed by atoms with E-state index in [2.05, 4.69) is 61.4 Å². The maximum absolute atomic E-state index is 6.20. The van der Waals surface area contributed by atoms with Crippen LogP contribution in [0.4, 0.5) is 0 Å². The Balaban J connectivity index is 1.49. The predicted molar refractivity (Wildman–Crippen MR) is 118 cm³/mol. The predicted octanol–water partition coefficient (Wildman–Crippen LogP) is 5.18. The molecule has 0 radical (unpaired) electrons. The first-order valence-corrected chi connectivity index (χ1v) is 10.7. The molecular formula is C25H32N2O. The Hall–Kier alpha value is -2.26. The summed E-state index contributed by atoms with van der Waals surface area (Å²) in [6.07, 6.45) is 5.55. The van der Waals surface area contributed by atoms with Gasteiger partial charge in [0.15, 0.2) is 0 Å². The van der Waals surface area contributed by atoms with Crippen LogP contribution in [-0.4, -0.2) is 24.7 Å². The second-order valence-electron chi connectivity index (χ2n) is 8.13. The Labute approximate surface area is 168 Å². The highest BCUT2D eigenvalue weighted by Crippen LogP contribution is 2.29. The SMILES string of the molecule is Cc1ccc(C)c(OCCCc2cccc3[nH]c4c(c23)CCNCCC4)c1C. The molecule has 0 spiro atoms. The van der Waals surface area contributed by atoms with E-state index in [-0.39, 0.29) is 0 Å². The summed E-state index contributed by atoms with van der Waals surface area (Å²) in [6.45, 7) is 9.39. The van der Waals surface area contributed by atoms with Gasteiger partial charge in [-0.25, -0.2) is 0 Å². The molecule has 2 aromatic carbocycles. The van der Waals surface area contributed by atoms with Crippen molar-refractivity contribution < 1.29 is 4.74 Å². The number of nitrogens with one attached hydrogen (secondary N) is 2. The van der Waals surface area contributed by atoms with E-state index in [1.54, 1.807) is 0 Å². The van der Waals surface area contributed by atoms with Gasteiger partial charge >= 0.3 is 0 Å². The minimum atomic E-state index is 0.760. The van der Waals surface area contributed by atoms with Gasteiger partial charge in [0.2, 0.25) is 0 Å². The van der Waals surface area contributed by atoms with E-state index in [0.717, 1.165) is 51.1 Å². The Bertz CT molecular complexity index is 970. The van der Waals surface area contributed by atoms with E-state index in [9.17, 15) is 0 Å². The van der Waals surface area contributed by atoms with Crippen LogP contribution >= 0.6 is 0 Å². The smallest absolute Gasteiger partial charge is 0.125 e. The van der Waals surface area contributed by atoms with Gasteiger partial charge in [0, 0.05) is 16.6 Å². The summed E-state index contributed by atoms with van der Waals surface area (Å²) in [6, 6.07) is 11.0. The van der Waals surface area contributed by atoms with Gasteiger partial charge in [0.25, 0.3) is 0 Å². The summed E-state index contributed by atoms with van der Waals surface area (Å²) >= 11 is 0. The number of fused-ring (bicyclic) bond motifs is 3. The van der Waals surface area contributed by atoms with Crippen molar-refractivity contribution in [2.75, 3.05) is 19.7 Å². The number of rotatable bonds is 5. The summed E-state index contributed by atoms with van der Waals surface area (Å²) in [7, 11) is 0. The van der Waals surface area contributed by atoms with Gasteiger partial charge in [0.05, 0.1) is 6.61 Å². The van der Waals surface area contributed by atoms with Crippen molar-refractivity contribution in [2.45, 2.75) is 52.9 Å². The van der Waals surface area contributed by atoms with Crippen molar-refractivity contribution in [3.05, 3.63) is 63.8 Å². The molecule has 1 aliphatic heterocycles. The lowest BCUT2D eigenvalue weighted by Crippen LogP contribution is -2.21. The van der Waals surface area contributed by atoms with Crippen LogP contribution in [-0.2, 0) is 19.3 Å². The standard InChI is InChI=1S/C25H32N2O/c1-17-11-12-18(2)25(19(17)3)28-16-6-8-20-7-4-9-23-24(20)21-13-15-26-14-5-10-22(21)27-23/h4,7,9,11-12,26-27H,5-6,8,10,13-16H2,1-3H3. The van der Waals surface area contributed by atoms with Crippen LogP contribution < -0.4 is 10.1 Å². The molecule has 0 atom stereocenters. The monoisotopic (exact) mass is 376 g/mol. The zero-order chi connectivity index (χ0) is 19.5. The zero-order valence-corrected chi connectivity index (χ0v) is 17.5. The van der Waals surface area contributed by atoms with Crippen molar-refractivity contribution >= 4 is 10.9 Å². The lowest BCUT2D eigenvalue weighted by molar-refractivity contribution is 0.307. The van der Waals surface area contributed by atoms with E-state index < -0.39 is 0 Å². The van der Waals surface area contributed by atoms with Crippen LogP contribution in [0.3, 0.4) is 0 Å². The van der Waals surface area contributed by atoms with Crippen LogP contribution in [0.2, 0.25) is 0 Å². The minimum Gasteiger partial charge on any atom is -0.493 e. The molecule has 0 aliphatic carbocycles. The molecule has 0 fully saturated rings. The molecular weight excluding hydrogens is 344 g/mol. The number of H-pyrrole nitrogens is 1. The van der Waals surface area contributed by atoms with Gasteiger partial charge in [-0.05, 0) is 99.8 Å². The molecule has 4 rings (SSSR count). The van der Waals surface area contributed by atoms with E-state index in [1.807, 2.05) is 0 Å². The van der Waals surface area contributed by atoms with E-state index in [0.29, 0.717) is 0 Å². The van der Waals surface area contributed by atoms with Crippen molar-refractivity contribution in [1.29, 1.82) is 0 Å². The lowest BCUT2D eigenvalue weighted by Gasteiger charge is -2.14. The minimum absolute atomic E-state index is 0.760. The summed E-state index contributed by atoms with van der Waals surface area (Å²) in [5.74, 6) is 1.07. The average molecular weight is 377 g/mol. The molecule has 2 heterocycles. The summed E-state index contributed by atoms with van der Waals surface area (Å²) in [4.78, 5) is 3.70. The Morgan fingerprint density at radius 1 is 0.964 bits per heavy atom. The number of aromatic amines is 1. The molecule has 2 N–H and O–H groups in total. The van der Waals surface area contributed by atoms with Crippen molar-refractivity contribution in [2.24, 2.45) is 0 Å². The Morgan fingerprint density at radius 2 is 1.82 bits per heavy atom. The fourth-order valence-corrected chi connectivity index (χ4v) is 4.46. The third-order valence-electron chi connectivity index (χ3n) is 6.14. The Morgan fingerprint density at radius 3 is 2.71 bits per heavy atom.